The molecule has 0 saturated heterocycles. The van der Waals surface area contributed by atoms with Crippen LogP contribution in [0.5, 0.6) is 0 Å². The minimum Gasteiger partial charge on any atom is -0.339 e. The summed E-state index contributed by atoms with van der Waals surface area (Å²) in [5, 5.41) is 9.00. The van der Waals surface area contributed by atoms with Gasteiger partial charge in [0.25, 0.3) is 0 Å². The summed E-state index contributed by atoms with van der Waals surface area (Å²) in [5.41, 5.74) is 1.02. The van der Waals surface area contributed by atoms with Gasteiger partial charge in [-0.25, -0.2) is 4.79 Å². The van der Waals surface area contributed by atoms with E-state index in [0.29, 0.717) is 28.5 Å². The van der Waals surface area contributed by atoms with Gasteiger partial charge in [-0.05, 0) is 42.0 Å². The lowest BCUT2D eigenvalue weighted by Gasteiger charge is -2.12. The summed E-state index contributed by atoms with van der Waals surface area (Å²) in [7, 11) is 0. The zero-order chi connectivity index (χ0) is 22.6. The number of hydrogen-bond donors (Lipinski definition) is 2. The van der Waals surface area contributed by atoms with Gasteiger partial charge in [0.15, 0.2) is 0 Å². The predicted molar refractivity (Wildman–Crippen MR) is 111 cm³/mol. The van der Waals surface area contributed by atoms with Gasteiger partial charge in [0.2, 0.25) is 11.7 Å². The first kappa shape index (κ1) is 21.0. The summed E-state index contributed by atoms with van der Waals surface area (Å²) in [5.74, 6) is 0.720. The third-order valence-electron chi connectivity index (χ3n) is 4.44. The number of carbonyl (C=O) groups is 1. The number of aromatic nitrogens is 3. The number of amides is 2. The first-order valence-electron chi connectivity index (χ1n) is 9.44. The number of para-hydroxylation sites is 1. The molecular formula is C22H16F3N5O2. The van der Waals surface area contributed by atoms with Crippen molar-refractivity contribution in [3.05, 3.63) is 90.1 Å². The molecule has 2 aromatic carbocycles. The van der Waals surface area contributed by atoms with E-state index in [1.54, 1.807) is 48.8 Å². The normalized spacial score (nSPS) is 11.2. The van der Waals surface area contributed by atoms with Crippen molar-refractivity contribution in [2.24, 2.45) is 0 Å². The predicted octanol–water partition coefficient (Wildman–Crippen LogP) is 5.39. The highest BCUT2D eigenvalue weighted by Crippen LogP contribution is 2.30. The molecule has 4 rings (SSSR count). The minimum absolute atomic E-state index is 0.0211. The van der Waals surface area contributed by atoms with E-state index in [4.69, 9.17) is 4.52 Å². The molecule has 2 amide bonds. The topological polar surface area (TPSA) is 92.9 Å². The lowest BCUT2D eigenvalue weighted by molar-refractivity contribution is -0.137. The highest BCUT2D eigenvalue weighted by atomic mass is 19.4. The van der Waals surface area contributed by atoms with Gasteiger partial charge < -0.3 is 15.2 Å². The van der Waals surface area contributed by atoms with Crippen LogP contribution in [-0.4, -0.2) is 21.2 Å². The lowest BCUT2D eigenvalue weighted by atomic mass is 10.1. The second-order valence-corrected chi connectivity index (χ2v) is 6.75. The first-order valence-corrected chi connectivity index (χ1v) is 9.44. The van der Waals surface area contributed by atoms with Crippen LogP contribution < -0.4 is 10.6 Å². The molecule has 4 aromatic rings. The van der Waals surface area contributed by atoms with Gasteiger partial charge in [0.05, 0.1) is 12.0 Å². The number of pyridine rings is 1. The number of urea groups is 1. The van der Waals surface area contributed by atoms with Crippen LogP contribution in [0, 0.1) is 0 Å². The Hall–Kier alpha value is -4.21. The van der Waals surface area contributed by atoms with Crippen LogP contribution in [0.1, 0.15) is 17.0 Å². The summed E-state index contributed by atoms with van der Waals surface area (Å²) in [6, 6.07) is 14.2. The smallest absolute Gasteiger partial charge is 0.339 e. The number of anilines is 2. The zero-order valence-electron chi connectivity index (χ0n) is 16.4. The third-order valence-corrected chi connectivity index (χ3v) is 4.44. The molecule has 10 heteroatoms. The van der Waals surface area contributed by atoms with Gasteiger partial charge in [-0.15, -0.1) is 0 Å². The van der Waals surface area contributed by atoms with Gasteiger partial charge in [0.1, 0.15) is 0 Å². The fraction of sp³-hybridized carbons (Fsp3) is 0.0909. The van der Waals surface area contributed by atoms with Crippen molar-refractivity contribution in [1.29, 1.82) is 0 Å². The molecule has 7 nitrogen and oxygen atoms in total. The molecule has 2 heterocycles. The molecule has 2 N–H and O–H groups in total. The van der Waals surface area contributed by atoms with E-state index in [9.17, 15) is 18.0 Å². The number of hydrogen-bond acceptors (Lipinski definition) is 5. The quantitative estimate of drug-likeness (QED) is 0.435. The molecule has 0 radical (unpaired) electrons. The number of carbonyl (C=O) groups excluding carboxylic acids is 1. The monoisotopic (exact) mass is 439 g/mol. The van der Waals surface area contributed by atoms with Crippen LogP contribution in [0.15, 0.2) is 77.6 Å². The first-order chi connectivity index (χ1) is 15.4. The summed E-state index contributed by atoms with van der Waals surface area (Å²) >= 11 is 0. The van der Waals surface area contributed by atoms with Crippen molar-refractivity contribution in [2.75, 3.05) is 10.6 Å². The number of nitrogens with one attached hydrogen (secondary N) is 2. The van der Waals surface area contributed by atoms with Crippen molar-refractivity contribution in [1.82, 2.24) is 15.1 Å². The average Bonchev–Trinajstić information content (AvgIpc) is 3.24. The van der Waals surface area contributed by atoms with E-state index in [2.05, 4.69) is 25.8 Å². The number of rotatable bonds is 5. The van der Waals surface area contributed by atoms with E-state index in [-0.39, 0.29) is 12.1 Å². The van der Waals surface area contributed by atoms with Crippen molar-refractivity contribution >= 4 is 17.4 Å². The van der Waals surface area contributed by atoms with Crippen LogP contribution >= 0.6 is 0 Å². The van der Waals surface area contributed by atoms with Crippen LogP contribution in [0.2, 0.25) is 0 Å². The number of halogens is 3. The van der Waals surface area contributed by atoms with E-state index in [1.807, 2.05) is 0 Å². The Labute approximate surface area is 180 Å². The molecule has 2 aromatic heterocycles. The Morgan fingerprint density at radius 3 is 2.62 bits per heavy atom. The zero-order valence-corrected chi connectivity index (χ0v) is 16.4. The van der Waals surface area contributed by atoms with E-state index in [0.717, 1.165) is 12.1 Å². The number of nitrogens with zero attached hydrogens (tertiary/aromatic N) is 3. The van der Waals surface area contributed by atoms with Gasteiger partial charge in [0, 0.05) is 29.3 Å². The second-order valence-electron chi connectivity index (χ2n) is 6.75. The van der Waals surface area contributed by atoms with Crippen LogP contribution in [0.25, 0.3) is 11.4 Å². The molecule has 32 heavy (non-hydrogen) atoms. The molecule has 0 aliphatic rings. The Morgan fingerprint density at radius 1 is 1.00 bits per heavy atom. The molecule has 0 atom stereocenters. The fourth-order valence-electron chi connectivity index (χ4n) is 2.96. The van der Waals surface area contributed by atoms with E-state index >= 15 is 0 Å². The molecule has 0 aliphatic carbocycles. The fourth-order valence-corrected chi connectivity index (χ4v) is 2.96. The van der Waals surface area contributed by atoms with Crippen LogP contribution in [0.3, 0.4) is 0 Å². The maximum atomic E-state index is 12.9. The highest BCUT2D eigenvalue weighted by molar-refractivity contribution is 6.00. The Balaban J connectivity index is 1.46. The lowest BCUT2D eigenvalue weighted by Crippen LogP contribution is -2.20. The molecule has 0 aliphatic heterocycles. The third kappa shape index (κ3) is 5.09. The van der Waals surface area contributed by atoms with Crippen molar-refractivity contribution in [3.8, 4) is 11.4 Å². The summed E-state index contributed by atoms with van der Waals surface area (Å²) in [6.07, 6.45) is -1.01. The standard InChI is InChI=1S/C22H16F3N5O2/c23-22(24,25)16-7-3-8-17(12-16)27-21(31)28-18-9-2-1-5-14(18)11-19-29-20(30-32-19)15-6-4-10-26-13-15/h1-10,12-13H,11H2,(H2,27,28,31). The van der Waals surface area contributed by atoms with E-state index in [1.165, 1.54) is 12.1 Å². The summed E-state index contributed by atoms with van der Waals surface area (Å²) < 4.78 is 43.9. The number of alkyl halides is 3. The average molecular weight is 439 g/mol. The van der Waals surface area contributed by atoms with Crippen molar-refractivity contribution < 1.29 is 22.5 Å². The molecule has 0 fully saturated rings. The molecule has 0 bridgehead atoms. The van der Waals surface area contributed by atoms with Crippen LogP contribution in [-0.2, 0) is 12.6 Å². The van der Waals surface area contributed by atoms with Gasteiger partial charge in [-0.3, -0.25) is 4.98 Å². The van der Waals surface area contributed by atoms with Gasteiger partial charge in [-0.1, -0.05) is 29.4 Å². The number of benzene rings is 2. The van der Waals surface area contributed by atoms with Crippen LogP contribution in [0.4, 0.5) is 29.3 Å². The Bertz CT molecular complexity index is 1230. The van der Waals surface area contributed by atoms with Crippen molar-refractivity contribution in [3.63, 3.8) is 0 Å². The van der Waals surface area contributed by atoms with Gasteiger partial charge >= 0.3 is 12.2 Å². The Kier molecular flexibility index (Phi) is 5.84. The second kappa shape index (κ2) is 8.88. The summed E-state index contributed by atoms with van der Waals surface area (Å²) in [4.78, 5) is 20.7. The SMILES string of the molecule is O=C(Nc1cccc(C(F)(F)F)c1)Nc1ccccc1Cc1nc(-c2cccnc2)no1. The van der Waals surface area contributed by atoms with Crippen molar-refractivity contribution in [2.45, 2.75) is 12.6 Å². The van der Waals surface area contributed by atoms with E-state index < -0.39 is 17.8 Å². The molecular weight excluding hydrogens is 423 g/mol. The highest BCUT2D eigenvalue weighted by Gasteiger charge is 2.30. The molecule has 0 spiro atoms. The molecule has 0 saturated carbocycles. The maximum absolute atomic E-state index is 12.9. The minimum atomic E-state index is -4.50. The largest absolute Gasteiger partial charge is 0.416 e. The molecule has 0 unspecified atom stereocenters. The maximum Gasteiger partial charge on any atom is 0.416 e. The van der Waals surface area contributed by atoms with Gasteiger partial charge in [-0.2, -0.15) is 18.2 Å². The summed E-state index contributed by atoms with van der Waals surface area (Å²) in [6.45, 7) is 0. The molecule has 162 valence electrons. The Morgan fingerprint density at radius 2 is 1.84 bits per heavy atom.